The van der Waals surface area contributed by atoms with Gasteiger partial charge in [0, 0.05) is 5.56 Å². The van der Waals surface area contributed by atoms with Gasteiger partial charge in [-0.25, -0.2) is 18.4 Å². The minimum absolute atomic E-state index is 0.0724. The molecule has 9 nitrogen and oxygen atoms in total. The van der Waals surface area contributed by atoms with Gasteiger partial charge in [0.2, 0.25) is 10.0 Å². The number of ether oxygens (including phenoxy) is 1. The second-order valence-electron chi connectivity index (χ2n) is 4.67. The number of hydrogen-bond donors (Lipinski definition) is 2. The molecule has 0 heterocycles. The van der Waals surface area contributed by atoms with E-state index in [1.807, 2.05) is 0 Å². The van der Waals surface area contributed by atoms with Crippen molar-refractivity contribution < 1.29 is 28.0 Å². The van der Waals surface area contributed by atoms with Gasteiger partial charge in [-0.15, -0.1) is 0 Å². The Labute approximate surface area is 136 Å². The summed E-state index contributed by atoms with van der Waals surface area (Å²) in [6, 6.07) is 8.14. The van der Waals surface area contributed by atoms with Gasteiger partial charge in [0.05, 0.1) is 12.0 Å². The van der Waals surface area contributed by atoms with E-state index in [9.17, 15) is 23.3 Å². The zero-order valence-electron chi connectivity index (χ0n) is 12.3. The Kier molecular flexibility index (Phi) is 4.53. The first-order valence-corrected chi connectivity index (χ1v) is 7.93. The minimum atomic E-state index is -4.57. The molecule has 0 aliphatic carbocycles. The van der Waals surface area contributed by atoms with Crippen molar-refractivity contribution in [1.82, 2.24) is 0 Å². The van der Waals surface area contributed by atoms with Crippen LogP contribution in [0.2, 0.25) is 0 Å². The molecular weight excluding hydrogens is 340 g/mol. The number of carboxylic acids is 1. The number of benzene rings is 2. The smallest absolute Gasteiger partial charge is 0.342 e. The Bertz CT molecular complexity index is 921. The third kappa shape index (κ3) is 3.19. The highest BCUT2D eigenvalue weighted by Crippen LogP contribution is 2.37. The van der Waals surface area contributed by atoms with Gasteiger partial charge < -0.3 is 9.84 Å². The SMILES string of the molecule is COc1ccc(-c2ccc(C(=O)O)c([N+](=O)[O-])c2S(N)(=O)=O)cc1. The highest BCUT2D eigenvalue weighted by Gasteiger charge is 2.33. The van der Waals surface area contributed by atoms with E-state index in [2.05, 4.69) is 0 Å². The van der Waals surface area contributed by atoms with Gasteiger partial charge in [-0.2, -0.15) is 0 Å². The van der Waals surface area contributed by atoms with E-state index in [-0.39, 0.29) is 5.56 Å². The van der Waals surface area contributed by atoms with Crippen LogP contribution in [0.3, 0.4) is 0 Å². The highest BCUT2D eigenvalue weighted by atomic mass is 32.2. The third-order valence-electron chi connectivity index (χ3n) is 3.23. The summed E-state index contributed by atoms with van der Waals surface area (Å²) in [5.74, 6) is -1.14. The van der Waals surface area contributed by atoms with Crippen LogP contribution < -0.4 is 9.88 Å². The predicted molar refractivity (Wildman–Crippen MR) is 83.4 cm³/mol. The maximum Gasteiger partial charge on any atom is 0.342 e. The van der Waals surface area contributed by atoms with Crippen LogP contribution >= 0.6 is 0 Å². The number of rotatable bonds is 5. The summed E-state index contributed by atoms with van der Waals surface area (Å²) >= 11 is 0. The molecule has 0 unspecified atom stereocenters. The lowest BCUT2D eigenvalue weighted by atomic mass is 10.0. The molecule has 0 aliphatic heterocycles. The van der Waals surface area contributed by atoms with E-state index in [4.69, 9.17) is 15.0 Å². The third-order valence-corrected chi connectivity index (χ3v) is 4.21. The van der Waals surface area contributed by atoms with Crippen LogP contribution in [-0.4, -0.2) is 31.5 Å². The molecule has 10 heteroatoms. The summed E-state index contributed by atoms with van der Waals surface area (Å²) in [5.41, 5.74) is -1.60. The zero-order chi connectivity index (χ0) is 18.1. The van der Waals surface area contributed by atoms with Gasteiger partial charge in [0.15, 0.2) is 4.90 Å². The molecule has 0 spiro atoms. The molecular formula is C14H12N2O7S. The molecule has 0 saturated carbocycles. The van der Waals surface area contributed by atoms with Gasteiger partial charge >= 0.3 is 11.7 Å². The molecule has 0 aromatic heterocycles. The highest BCUT2D eigenvalue weighted by molar-refractivity contribution is 7.89. The minimum Gasteiger partial charge on any atom is -0.497 e. The van der Waals surface area contributed by atoms with Crippen molar-refractivity contribution in [2.24, 2.45) is 5.14 Å². The number of carboxylic acid groups (broad SMARTS) is 1. The van der Waals surface area contributed by atoms with Gasteiger partial charge in [-0.05, 0) is 23.8 Å². The molecule has 24 heavy (non-hydrogen) atoms. The van der Waals surface area contributed by atoms with Gasteiger partial charge in [0.25, 0.3) is 0 Å². The molecule has 0 atom stereocenters. The molecule has 2 aromatic carbocycles. The lowest BCUT2D eigenvalue weighted by Crippen LogP contribution is -2.18. The average Bonchev–Trinajstić information content (AvgIpc) is 2.52. The molecule has 0 fully saturated rings. The number of aromatic carboxylic acids is 1. The molecule has 126 valence electrons. The quantitative estimate of drug-likeness (QED) is 0.613. The number of sulfonamides is 1. The van der Waals surface area contributed by atoms with Gasteiger partial charge in [0.1, 0.15) is 11.3 Å². The van der Waals surface area contributed by atoms with E-state index < -0.39 is 37.1 Å². The average molecular weight is 352 g/mol. The van der Waals surface area contributed by atoms with E-state index >= 15 is 0 Å². The normalized spacial score (nSPS) is 11.1. The van der Waals surface area contributed by atoms with Crippen molar-refractivity contribution in [2.75, 3.05) is 7.11 Å². The number of primary sulfonamides is 1. The van der Waals surface area contributed by atoms with Crippen LogP contribution in [0.15, 0.2) is 41.3 Å². The van der Waals surface area contributed by atoms with Crippen LogP contribution in [-0.2, 0) is 10.0 Å². The van der Waals surface area contributed by atoms with Crippen molar-refractivity contribution in [3.8, 4) is 16.9 Å². The fourth-order valence-corrected chi connectivity index (χ4v) is 3.16. The number of methoxy groups -OCH3 is 1. The monoisotopic (exact) mass is 352 g/mol. The van der Waals surface area contributed by atoms with Crippen LogP contribution in [0, 0.1) is 10.1 Å². The van der Waals surface area contributed by atoms with Crippen LogP contribution in [0.4, 0.5) is 5.69 Å². The van der Waals surface area contributed by atoms with Crippen LogP contribution in [0.25, 0.3) is 11.1 Å². The van der Waals surface area contributed by atoms with Crippen LogP contribution in [0.5, 0.6) is 5.75 Å². The summed E-state index contributed by atoms with van der Waals surface area (Å²) in [4.78, 5) is 20.5. The predicted octanol–water partition coefficient (Wildman–Crippen LogP) is 1.62. The molecule has 0 amide bonds. The van der Waals surface area contributed by atoms with E-state index in [1.165, 1.54) is 31.4 Å². The topological polar surface area (TPSA) is 150 Å². The Balaban J connectivity index is 2.88. The lowest BCUT2D eigenvalue weighted by Gasteiger charge is -2.11. The molecule has 2 aromatic rings. The maximum atomic E-state index is 11.9. The first kappa shape index (κ1) is 17.4. The molecule has 0 radical (unpaired) electrons. The fourth-order valence-electron chi connectivity index (χ4n) is 2.21. The first-order chi connectivity index (χ1) is 11.2. The first-order valence-electron chi connectivity index (χ1n) is 6.38. The Morgan fingerprint density at radius 2 is 1.79 bits per heavy atom. The van der Waals surface area contributed by atoms with Crippen molar-refractivity contribution >= 4 is 21.7 Å². The van der Waals surface area contributed by atoms with Crippen LogP contribution in [0.1, 0.15) is 10.4 Å². The van der Waals surface area contributed by atoms with Crippen molar-refractivity contribution in [3.05, 3.63) is 52.1 Å². The van der Waals surface area contributed by atoms with Crippen molar-refractivity contribution in [1.29, 1.82) is 0 Å². The van der Waals surface area contributed by atoms with Gasteiger partial charge in [-0.3, -0.25) is 10.1 Å². The molecule has 0 aliphatic rings. The fraction of sp³-hybridized carbons (Fsp3) is 0.0714. The number of hydrogen-bond acceptors (Lipinski definition) is 6. The Morgan fingerprint density at radius 3 is 2.21 bits per heavy atom. The maximum absolute atomic E-state index is 11.9. The van der Waals surface area contributed by atoms with Gasteiger partial charge in [-0.1, -0.05) is 18.2 Å². The molecule has 0 bridgehead atoms. The van der Waals surface area contributed by atoms with E-state index in [0.29, 0.717) is 11.3 Å². The van der Waals surface area contributed by atoms with Crippen molar-refractivity contribution in [2.45, 2.75) is 4.90 Å². The standard InChI is InChI=1S/C14H12N2O7S/c1-23-9-4-2-8(3-5-9)10-6-7-11(14(17)18)12(16(19)20)13(10)24(15,21)22/h2-7H,1H3,(H,17,18)(H2,15,21,22). The summed E-state index contributed by atoms with van der Waals surface area (Å²) < 4.78 is 28.8. The Hall–Kier alpha value is -2.98. The molecule has 2 rings (SSSR count). The van der Waals surface area contributed by atoms with E-state index in [0.717, 1.165) is 12.1 Å². The molecule has 0 saturated heterocycles. The number of carbonyl (C=O) groups is 1. The second kappa shape index (κ2) is 6.26. The number of nitrogens with zero attached hydrogens (tertiary/aromatic N) is 1. The van der Waals surface area contributed by atoms with E-state index in [1.54, 1.807) is 0 Å². The number of nitro benzene ring substituents is 1. The molecule has 3 N–H and O–H groups in total. The number of nitro groups is 1. The Morgan fingerprint density at radius 1 is 1.21 bits per heavy atom. The summed E-state index contributed by atoms with van der Waals surface area (Å²) in [5, 5.41) is 25.5. The summed E-state index contributed by atoms with van der Waals surface area (Å²) in [6.07, 6.45) is 0. The second-order valence-corrected chi connectivity index (χ2v) is 6.17. The lowest BCUT2D eigenvalue weighted by molar-refractivity contribution is -0.388. The largest absolute Gasteiger partial charge is 0.497 e. The summed E-state index contributed by atoms with van der Waals surface area (Å²) in [7, 11) is -3.12. The summed E-state index contributed by atoms with van der Waals surface area (Å²) in [6.45, 7) is 0. The number of nitrogens with two attached hydrogens (primary N) is 1. The zero-order valence-corrected chi connectivity index (χ0v) is 13.1. The van der Waals surface area contributed by atoms with Crippen molar-refractivity contribution in [3.63, 3.8) is 0 Å².